The minimum atomic E-state index is -0.993. The monoisotopic (exact) mass is 395 g/mol. The molecule has 0 saturated carbocycles. The molecule has 0 fully saturated rings. The molecule has 9 heteroatoms. The highest BCUT2D eigenvalue weighted by molar-refractivity contribution is 7.09. The molecule has 5 nitrogen and oxygen atoms in total. The molecule has 126 valence electrons. The van der Waals surface area contributed by atoms with Crippen molar-refractivity contribution in [3.63, 3.8) is 0 Å². The molecule has 0 aliphatic rings. The largest absolute Gasteiger partial charge is 0.386 e. The van der Waals surface area contributed by atoms with Gasteiger partial charge in [-0.3, -0.25) is 4.79 Å². The molecule has 0 aliphatic carbocycles. The summed E-state index contributed by atoms with van der Waals surface area (Å²) in [5.74, 6) is -0.359. The lowest BCUT2D eigenvalue weighted by atomic mass is 10.1. The van der Waals surface area contributed by atoms with E-state index in [9.17, 15) is 9.90 Å². The van der Waals surface area contributed by atoms with E-state index in [0.717, 1.165) is 5.01 Å². The maximum atomic E-state index is 12.0. The van der Waals surface area contributed by atoms with Gasteiger partial charge in [0.2, 0.25) is 0 Å². The molecule has 1 aromatic carbocycles. The van der Waals surface area contributed by atoms with Gasteiger partial charge in [0.25, 0.3) is 5.91 Å². The Bertz CT molecular complexity index is 646. The fourth-order valence-electron chi connectivity index (χ4n) is 1.86. The van der Waals surface area contributed by atoms with E-state index in [1.807, 2.05) is 0 Å². The Hall–Kier alpha value is -0.890. The molecule has 0 radical (unpaired) electrons. The number of carbonyl (C=O) groups excluding carboxylic acids is 1. The number of amides is 1. The number of hydrogen-bond acceptors (Lipinski definition) is 5. The van der Waals surface area contributed by atoms with Gasteiger partial charge in [-0.2, -0.15) is 0 Å². The quantitative estimate of drug-likeness (QED) is 0.700. The van der Waals surface area contributed by atoms with Crippen LogP contribution in [-0.4, -0.2) is 29.1 Å². The third-order valence-electron chi connectivity index (χ3n) is 2.93. The number of hydrogen-bond donors (Lipinski definition) is 3. The van der Waals surface area contributed by atoms with Gasteiger partial charge in [-0.1, -0.05) is 29.3 Å². The van der Waals surface area contributed by atoms with Gasteiger partial charge in [-0.25, -0.2) is 4.98 Å². The highest BCUT2D eigenvalue weighted by Crippen LogP contribution is 2.29. The number of halogens is 3. The van der Waals surface area contributed by atoms with Crippen LogP contribution in [0.4, 0.5) is 0 Å². The molecular weight excluding hydrogens is 381 g/mol. The van der Waals surface area contributed by atoms with Crippen LogP contribution in [0.2, 0.25) is 10.0 Å². The van der Waals surface area contributed by atoms with Gasteiger partial charge in [-0.05, 0) is 18.7 Å². The Morgan fingerprint density at radius 1 is 1.39 bits per heavy atom. The standard InChI is InChI=1S/C14H15Cl2N3O2S.ClH/c15-8-2-1-3-9(16)13(8)11(20)6-18-14(21)10-7-22-12(19-10)4-5-17;/h1-3,7,11,20H,4-6,17H2,(H,18,21);1H. The van der Waals surface area contributed by atoms with Crippen LogP contribution in [-0.2, 0) is 6.42 Å². The second kappa shape index (κ2) is 9.42. The first-order chi connectivity index (χ1) is 10.5. The second-order valence-corrected chi connectivity index (χ2v) is 6.28. The second-order valence-electron chi connectivity index (χ2n) is 4.53. The first kappa shape index (κ1) is 20.2. The van der Waals surface area contributed by atoms with Crippen molar-refractivity contribution < 1.29 is 9.90 Å². The molecule has 1 unspecified atom stereocenters. The zero-order valence-corrected chi connectivity index (χ0v) is 15.1. The van der Waals surface area contributed by atoms with Crippen molar-refractivity contribution in [1.29, 1.82) is 0 Å². The minimum absolute atomic E-state index is 0. The summed E-state index contributed by atoms with van der Waals surface area (Å²) < 4.78 is 0. The van der Waals surface area contributed by atoms with Crippen LogP contribution in [0.15, 0.2) is 23.6 Å². The number of aliphatic hydroxyl groups excluding tert-OH is 1. The molecule has 4 N–H and O–H groups in total. The maximum absolute atomic E-state index is 12.0. The highest BCUT2D eigenvalue weighted by Gasteiger charge is 2.17. The molecule has 0 bridgehead atoms. The van der Waals surface area contributed by atoms with Gasteiger partial charge in [-0.15, -0.1) is 23.7 Å². The Morgan fingerprint density at radius 3 is 2.65 bits per heavy atom. The SMILES string of the molecule is Cl.NCCc1nc(C(=O)NCC(O)c2c(Cl)cccc2Cl)cs1. The van der Waals surface area contributed by atoms with Crippen molar-refractivity contribution in [3.05, 3.63) is 49.9 Å². The molecule has 2 aromatic rings. The van der Waals surface area contributed by atoms with Gasteiger partial charge in [0.1, 0.15) is 5.69 Å². The van der Waals surface area contributed by atoms with Crippen LogP contribution in [0, 0.1) is 0 Å². The molecule has 0 saturated heterocycles. The van der Waals surface area contributed by atoms with E-state index < -0.39 is 6.10 Å². The summed E-state index contributed by atoms with van der Waals surface area (Å²) in [5.41, 5.74) is 6.15. The smallest absolute Gasteiger partial charge is 0.270 e. The van der Waals surface area contributed by atoms with E-state index in [1.165, 1.54) is 11.3 Å². The lowest BCUT2D eigenvalue weighted by molar-refractivity contribution is 0.0912. The summed E-state index contributed by atoms with van der Waals surface area (Å²) in [6.45, 7) is 0.477. The van der Waals surface area contributed by atoms with Crippen LogP contribution in [0.3, 0.4) is 0 Å². The number of benzene rings is 1. The van der Waals surface area contributed by atoms with E-state index >= 15 is 0 Å². The van der Waals surface area contributed by atoms with E-state index in [1.54, 1.807) is 23.6 Å². The number of rotatable bonds is 6. The molecule has 0 spiro atoms. The maximum Gasteiger partial charge on any atom is 0.270 e. The zero-order chi connectivity index (χ0) is 16.1. The molecular formula is C14H16Cl3N3O2S. The summed E-state index contributed by atoms with van der Waals surface area (Å²) in [4.78, 5) is 16.2. The zero-order valence-electron chi connectivity index (χ0n) is 12.0. The van der Waals surface area contributed by atoms with E-state index in [0.29, 0.717) is 34.3 Å². The van der Waals surface area contributed by atoms with Crippen molar-refractivity contribution in [1.82, 2.24) is 10.3 Å². The van der Waals surface area contributed by atoms with Crippen LogP contribution in [0.5, 0.6) is 0 Å². The molecule has 1 amide bonds. The average Bonchev–Trinajstić information content (AvgIpc) is 2.93. The molecule has 1 heterocycles. The molecule has 23 heavy (non-hydrogen) atoms. The van der Waals surface area contributed by atoms with Gasteiger partial charge >= 0.3 is 0 Å². The summed E-state index contributed by atoms with van der Waals surface area (Å²) in [6, 6.07) is 4.95. The van der Waals surface area contributed by atoms with Gasteiger partial charge < -0.3 is 16.2 Å². The first-order valence-corrected chi connectivity index (χ1v) is 8.21. The predicted molar refractivity (Wildman–Crippen MR) is 95.9 cm³/mol. The fraction of sp³-hybridized carbons (Fsp3) is 0.286. The molecule has 0 aliphatic heterocycles. The summed E-state index contributed by atoms with van der Waals surface area (Å²) in [5, 5.41) is 15.9. The first-order valence-electron chi connectivity index (χ1n) is 6.57. The van der Waals surface area contributed by atoms with Crippen LogP contribution in [0.1, 0.15) is 27.2 Å². The lowest BCUT2D eigenvalue weighted by Gasteiger charge is -2.14. The van der Waals surface area contributed by atoms with E-state index in [4.69, 9.17) is 28.9 Å². The van der Waals surface area contributed by atoms with Crippen molar-refractivity contribution in [2.24, 2.45) is 5.73 Å². The van der Waals surface area contributed by atoms with Gasteiger partial charge in [0, 0.05) is 34.0 Å². The van der Waals surface area contributed by atoms with Crippen molar-refractivity contribution in [2.45, 2.75) is 12.5 Å². The third kappa shape index (κ3) is 5.31. The Morgan fingerprint density at radius 2 is 2.04 bits per heavy atom. The lowest BCUT2D eigenvalue weighted by Crippen LogP contribution is -2.28. The number of nitrogens with zero attached hydrogens (tertiary/aromatic N) is 1. The van der Waals surface area contributed by atoms with Gasteiger partial charge in [0.05, 0.1) is 11.1 Å². The Balaban J connectivity index is 0.00000264. The fourth-order valence-corrected chi connectivity index (χ4v) is 3.31. The molecule has 1 aromatic heterocycles. The topological polar surface area (TPSA) is 88.2 Å². The van der Waals surface area contributed by atoms with Crippen molar-refractivity contribution in [3.8, 4) is 0 Å². The number of aromatic nitrogens is 1. The Kier molecular flexibility index (Phi) is 8.25. The van der Waals surface area contributed by atoms with E-state index in [-0.39, 0.29) is 24.9 Å². The van der Waals surface area contributed by atoms with Crippen LogP contribution in [0.25, 0.3) is 0 Å². The number of nitrogens with one attached hydrogen (secondary N) is 1. The average molecular weight is 397 g/mol. The van der Waals surface area contributed by atoms with Crippen LogP contribution >= 0.6 is 46.9 Å². The number of nitrogens with two attached hydrogens (primary N) is 1. The normalized spacial score (nSPS) is 11.7. The summed E-state index contributed by atoms with van der Waals surface area (Å²) >= 11 is 13.4. The predicted octanol–water partition coefficient (Wildman–Crippen LogP) is 2.84. The van der Waals surface area contributed by atoms with Gasteiger partial charge in [0.15, 0.2) is 0 Å². The highest BCUT2D eigenvalue weighted by atomic mass is 35.5. The summed E-state index contributed by atoms with van der Waals surface area (Å²) in [6.07, 6.45) is -0.359. The summed E-state index contributed by atoms with van der Waals surface area (Å²) in [7, 11) is 0. The number of thiazole rings is 1. The minimum Gasteiger partial charge on any atom is -0.386 e. The number of carbonyl (C=O) groups is 1. The molecule has 2 rings (SSSR count). The third-order valence-corrected chi connectivity index (χ3v) is 4.50. The van der Waals surface area contributed by atoms with Crippen molar-refractivity contribution >= 4 is 52.9 Å². The van der Waals surface area contributed by atoms with Crippen molar-refractivity contribution in [2.75, 3.05) is 13.1 Å². The Labute approximate surface area is 154 Å². The number of aliphatic hydroxyl groups is 1. The molecule has 1 atom stereocenters. The van der Waals surface area contributed by atoms with E-state index in [2.05, 4.69) is 10.3 Å². The van der Waals surface area contributed by atoms with Crippen LogP contribution < -0.4 is 11.1 Å².